The van der Waals surface area contributed by atoms with Gasteiger partial charge in [0.15, 0.2) is 5.82 Å². The highest BCUT2D eigenvalue weighted by Crippen LogP contribution is 2.30. The van der Waals surface area contributed by atoms with Gasteiger partial charge in [0.05, 0.1) is 6.04 Å². The molecule has 0 aliphatic heterocycles. The van der Waals surface area contributed by atoms with Gasteiger partial charge in [0.1, 0.15) is 5.82 Å². The molecular formula is C12H22N4S. The maximum atomic E-state index is 6.07. The Morgan fingerprint density at radius 2 is 2.18 bits per heavy atom. The van der Waals surface area contributed by atoms with Crippen molar-refractivity contribution in [2.24, 2.45) is 5.73 Å². The smallest absolute Gasteiger partial charge is 0.167 e. The second-order valence-corrected chi connectivity index (χ2v) is 5.79. The molecule has 1 aliphatic carbocycles. The number of H-pyrrole nitrogens is 1. The van der Waals surface area contributed by atoms with Crippen LogP contribution in [0.25, 0.3) is 0 Å². The molecule has 1 saturated carbocycles. The van der Waals surface area contributed by atoms with Crippen LogP contribution >= 0.6 is 11.8 Å². The van der Waals surface area contributed by atoms with E-state index in [2.05, 4.69) is 21.4 Å². The zero-order chi connectivity index (χ0) is 12.1. The topological polar surface area (TPSA) is 67.6 Å². The van der Waals surface area contributed by atoms with Crippen LogP contribution in [0.2, 0.25) is 0 Å². The third kappa shape index (κ3) is 3.45. The first-order chi connectivity index (χ1) is 8.31. The maximum absolute atomic E-state index is 6.07. The van der Waals surface area contributed by atoms with Gasteiger partial charge < -0.3 is 5.73 Å². The fraction of sp³-hybridized carbons (Fsp3) is 0.833. The van der Waals surface area contributed by atoms with Crippen LogP contribution in [0.5, 0.6) is 0 Å². The van der Waals surface area contributed by atoms with E-state index >= 15 is 0 Å². The van der Waals surface area contributed by atoms with Gasteiger partial charge in [-0.1, -0.05) is 19.3 Å². The molecule has 1 aromatic rings. The number of aromatic amines is 1. The zero-order valence-corrected chi connectivity index (χ0v) is 11.3. The summed E-state index contributed by atoms with van der Waals surface area (Å²) in [6.45, 7) is 0. The molecule has 0 aromatic carbocycles. The lowest BCUT2D eigenvalue weighted by Crippen LogP contribution is -2.13. The van der Waals surface area contributed by atoms with E-state index in [1.54, 1.807) is 0 Å². The first kappa shape index (κ1) is 12.9. The molecule has 0 unspecified atom stereocenters. The number of hydrogen-bond donors (Lipinski definition) is 2. The van der Waals surface area contributed by atoms with E-state index in [0.717, 1.165) is 23.8 Å². The van der Waals surface area contributed by atoms with E-state index in [4.69, 9.17) is 5.73 Å². The number of aromatic nitrogens is 3. The number of nitrogens with two attached hydrogens (primary N) is 1. The van der Waals surface area contributed by atoms with Crippen LogP contribution in [0.3, 0.4) is 0 Å². The van der Waals surface area contributed by atoms with Crippen molar-refractivity contribution in [2.45, 2.75) is 50.5 Å². The molecule has 17 heavy (non-hydrogen) atoms. The first-order valence-corrected chi connectivity index (χ1v) is 7.87. The highest BCUT2D eigenvalue weighted by atomic mass is 32.2. The minimum Gasteiger partial charge on any atom is -0.321 e. The summed E-state index contributed by atoms with van der Waals surface area (Å²) < 4.78 is 0. The lowest BCUT2D eigenvalue weighted by molar-refractivity contribution is 0.429. The predicted octanol–water partition coefficient (Wildman–Crippen LogP) is 2.61. The Hall–Kier alpha value is -0.550. The van der Waals surface area contributed by atoms with Crippen molar-refractivity contribution in [2.75, 3.05) is 12.0 Å². The number of thioether (sulfide) groups is 1. The van der Waals surface area contributed by atoms with Gasteiger partial charge in [-0.3, -0.25) is 5.10 Å². The minimum absolute atomic E-state index is 0.0176. The average Bonchev–Trinajstić information content (AvgIpc) is 2.86. The molecular weight excluding hydrogens is 232 g/mol. The van der Waals surface area contributed by atoms with Crippen molar-refractivity contribution < 1.29 is 0 Å². The number of rotatable bonds is 5. The summed E-state index contributed by atoms with van der Waals surface area (Å²) in [7, 11) is 0. The summed E-state index contributed by atoms with van der Waals surface area (Å²) in [5, 5.41) is 7.36. The van der Waals surface area contributed by atoms with Gasteiger partial charge in [0, 0.05) is 5.92 Å². The molecule has 1 atom stereocenters. The third-order valence-electron chi connectivity index (χ3n) is 3.48. The van der Waals surface area contributed by atoms with Crippen LogP contribution in [0.4, 0.5) is 0 Å². The number of hydrogen-bond acceptors (Lipinski definition) is 4. The van der Waals surface area contributed by atoms with Crippen molar-refractivity contribution >= 4 is 11.8 Å². The molecule has 0 spiro atoms. The van der Waals surface area contributed by atoms with E-state index in [-0.39, 0.29) is 6.04 Å². The number of nitrogens with zero attached hydrogens (tertiary/aromatic N) is 2. The summed E-state index contributed by atoms with van der Waals surface area (Å²) in [6, 6.07) is -0.0176. The second kappa shape index (κ2) is 6.40. The monoisotopic (exact) mass is 254 g/mol. The molecule has 1 aliphatic rings. The average molecular weight is 254 g/mol. The van der Waals surface area contributed by atoms with Gasteiger partial charge in [-0.2, -0.15) is 16.9 Å². The molecule has 1 fully saturated rings. The van der Waals surface area contributed by atoms with Gasteiger partial charge in [-0.25, -0.2) is 4.98 Å². The van der Waals surface area contributed by atoms with Gasteiger partial charge in [0.25, 0.3) is 0 Å². The summed E-state index contributed by atoms with van der Waals surface area (Å²) >= 11 is 1.81. The molecule has 0 amide bonds. The fourth-order valence-electron chi connectivity index (χ4n) is 2.39. The first-order valence-electron chi connectivity index (χ1n) is 6.48. The van der Waals surface area contributed by atoms with Gasteiger partial charge in [-0.15, -0.1) is 0 Å². The van der Waals surface area contributed by atoms with Crippen LogP contribution in [-0.4, -0.2) is 27.2 Å². The van der Waals surface area contributed by atoms with Gasteiger partial charge in [-0.05, 0) is 31.3 Å². The van der Waals surface area contributed by atoms with E-state index < -0.39 is 0 Å². The molecule has 5 heteroatoms. The normalized spacial score (nSPS) is 19.4. The molecule has 0 radical (unpaired) electrons. The fourth-order valence-corrected chi connectivity index (χ4v) is 2.88. The van der Waals surface area contributed by atoms with Crippen LogP contribution in [-0.2, 0) is 0 Å². The van der Waals surface area contributed by atoms with E-state index in [1.807, 2.05) is 11.8 Å². The van der Waals surface area contributed by atoms with Crippen LogP contribution in [0.15, 0.2) is 0 Å². The molecule has 3 N–H and O–H groups in total. The SMILES string of the molecule is CSCC[C@H](N)c1n[nH]c(C2CCCCC2)n1. The minimum atomic E-state index is -0.0176. The van der Waals surface area contributed by atoms with E-state index in [1.165, 1.54) is 32.1 Å². The third-order valence-corrected chi connectivity index (χ3v) is 4.12. The maximum Gasteiger partial charge on any atom is 0.167 e. The molecule has 4 nitrogen and oxygen atoms in total. The second-order valence-electron chi connectivity index (χ2n) is 4.80. The van der Waals surface area contributed by atoms with E-state index in [0.29, 0.717) is 5.92 Å². The van der Waals surface area contributed by atoms with Crippen molar-refractivity contribution in [3.8, 4) is 0 Å². The van der Waals surface area contributed by atoms with Crippen molar-refractivity contribution in [3.63, 3.8) is 0 Å². The van der Waals surface area contributed by atoms with Crippen molar-refractivity contribution in [1.82, 2.24) is 15.2 Å². The van der Waals surface area contributed by atoms with Crippen molar-refractivity contribution in [3.05, 3.63) is 11.6 Å². The lowest BCUT2D eigenvalue weighted by Gasteiger charge is -2.18. The predicted molar refractivity (Wildman–Crippen MR) is 72.1 cm³/mol. The molecule has 0 bridgehead atoms. The van der Waals surface area contributed by atoms with Crippen LogP contribution in [0.1, 0.15) is 62.1 Å². The van der Waals surface area contributed by atoms with Crippen LogP contribution in [0, 0.1) is 0 Å². The zero-order valence-electron chi connectivity index (χ0n) is 10.5. The summed E-state index contributed by atoms with van der Waals surface area (Å²) in [6.07, 6.45) is 9.54. The quantitative estimate of drug-likeness (QED) is 0.847. The molecule has 0 saturated heterocycles. The summed E-state index contributed by atoms with van der Waals surface area (Å²) in [5.74, 6) is 3.49. The number of nitrogens with one attached hydrogen (secondary N) is 1. The Kier molecular flexibility index (Phi) is 4.86. The van der Waals surface area contributed by atoms with Crippen LogP contribution < -0.4 is 5.73 Å². The Bertz CT molecular complexity index is 333. The van der Waals surface area contributed by atoms with Crippen molar-refractivity contribution in [1.29, 1.82) is 0 Å². The molecule has 1 heterocycles. The summed E-state index contributed by atoms with van der Waals surface area (Å²) in [5.41, 5.74) is 6.07. The Balaban J connectivity index is 1.94. The highest BCUT2D eigenvalue weighted by molar-refractivity contribution is 7.98. The molecule has 96 valence electrons. The van der Waals surface area contributed by atoms with E-state index in [9.17, 15) is 0 Å². The Morgan fingerprint density at radius 1 is 1.41 bits per heavy atom. The van der Waals surface area contributed by atoms with Gasteiger partial charge >= 0.3 is 0 Å². The highest BCUT2D eigenvalue weighted by Gasteiger charge is 2.20. The molecule has 2 rings (SSSR count). The Labute approximate surface area is 107 Å². The van der Waals surface area contributed by atoms with Gasteiger partial charge in [0.2, 0.25) is 0 Å². The summed E-state index contributed by atoms with van der Waals surface area (Å²) in [4.78, 5) is 4.59. The Morgan fingerprint density at radius 3 is 2.88 bits per heavy atom. The lowest BCUT2D eigenvalue weighted by atomic mass is 9.89. The standard InChI is InChI=1S/C12H22N4S/c1-17-8-7-10(13)12-14-11(15-16-12)9-5-3-2-4-6-9/h9-10H,2-8,13H2,1H3,(H,14,15,16)/t10-/m0/s1. The molecule has 1 aromatic heterocycles. The largest absolute Gasteiger partial charge is 0.321 e.